The average molecular weight is 547 g/mol. The Bertz CT molecular complexity index is 1140. The predicted molar refractivity (Wildman–Crippen MR) is 138 cm³/mol. The van der Waals surface area contributed by atoms with Crippen molar-refractivity contribution in [2.75, 3.05) is 13.9 Å². The smallest absolute Gasteiger partial charge is 0.328 e. The Labute approximate surface area is 227 Å². The molecule has 0 saturated heterocycles. The molecule has 1 aromatic carbocycles. The van der Waals surface area contributed by atoms with E-state index in [2.05, 4.69) is 10.3 Å². The van der Waals surface area contributed by atoms with Gasteiger partial charge in [0.25, 0.3) is 5.91 Å². The van der Waals surface area contributed by atoms with Gasteiger partial charge in [0.1, 0.15) is 29.8 Å². The van der Waals surface area contributed by atoms with Gasteiger partial charge in [0, 0.05) is 25.3 Å². The summed E-state index contributed by atoms with van der Waals surface area (Å²) in [7, 11) is 1.38. The molecule has 1 aromatic heterocycles. The van der Waals surface area contributed by atoms with Crippen LogP contribution in [0.4, 0.5) is 4.39 Å². The number of nitrogens with one attached hydrogen (secondary N) is 1. The Kier molecular flexibility index (Phi) is 10.9. The van der Waals surface area contributed by atoms with E-state index in [1.807, 2.05) is 0 Å². The summed E-state index contributed by atoms with van der Waals surface area (Å²) in [5, 5.41) is 2.56. The predicted octanol–water partition coefficient (Wildman–Crippen LogP) is 4.21. The van der Waals surface area contributed by atoms with Crippen molar-refractivity contribution >= 4 is 17.8 Å². The van der Waals surface area contributed by atoms with Gasteiger partial charge in [0.05, 0.1) is 7.11 Å². The molecule has 0 spiro atoms. The van der Waals surface area contributed by atoms with Crippen molar-refractivity contribution in [3.05, 3.63) is 48.0 Å². The van der Waals surface area contributed by atoms with Crippen LogP contribution in [0.25, 0.3) is 0 Å². The third-order valence-corrected chi connectivity index (χ3v) is 6.42. The van der Waals surface area contributed by atoms with Gasteiger partial charge in [-0.2, -0.15) is 0 Å². The van der Waals surface area contributed by atoms with Gasteiger partial charge in [0.2, 0.25) is 6.79 Å². The van der Waals surface area contributed by atoms with Crippen molar-refractivity contribution in [1.29, 1.82) is 0 Å². The molecule has 0 aliphatic heterocycles. The Hall–Kier alpha value is -3.89. The first-order valence-electron chi connectivity index (χ1n) is 12.9. The molecule has 0 radical (unpaired) electrons. The maximum atomic E-state index is 13.8. The third kappa shape index (κ3) is 8.56. The lowest BCUT2D eigenvalue weighted by Crippen LogP contribution is -2.45. The molecular weight excluding hydrogens is 511 g/mol. The number of halogens is 1. The van der Waals surface area contributed by atoms with Crippen LogP contribution in [0.15, 0.2) is 36.5 Å². The monoisotopic (exact) mass is 546 g/mol. The standard InChI is InChI=1S/C28H35FN2O8/c1-17(31-27(33)24-26(37-16-36-19(3)32)23(35-4)13-14-30-24)28(34)38-18(2)25(20-9-6-5-7-10-20)39-22-12-8-11-21(29)15-22/h8,11-15,17-18,20,25H,5-7,9-10,16H2,1-4H3,(H,31,33)/t17-,18-,25-/m0/s1. The maximum Gasteiger partial charge on any atom is 0.328 e. The molecule has 212 valence electrons. The van der Waals surface area contributed by atoms with Gasteiger partial charge in [-0.25, -0.2) is 14.2 Å². The van der Waals surface area contributed by atoms with Crippen LogP contribution >= 0.6 is 0 Å². The number of benzene rings is 1. The lowest BCUT2D eigenvalue weighted by atomic mass is 9.83. The van der Waals surface area contributed by atoms with E-state index in [4.69, 9.17) is 23.7 Å². The lowest BCUT2D eigenvalue weighted by Gasteiger charge is -2.34. The SMILES string of the molecule is COc1ccnc(C(=O)N[C@@H](C)C(=O)O[C@@H](C)[C@H](Oc2cccc(F)c2)C2CCCCC2)c1OCOC(C)=O. The molecule has 0 unspecified atom stereocenters. The van der Waals surface area contributed by atoms with E-state index in [1.54, 1.807) is 19.1 Å². The summed E-state index contributed by atoms with van der Waals surface area (Å²) in [6.07, 6.45) is 5.21. The molecule has 1 fully saturated rings. The number of hydrogen-bond donors (Lipinski definition) is 1. The molecule has 1 aliphatic carbocycles. The summed E-state index contributed by atoms with van der Waals surface area (Å²) < 4.78 is 41.1. The van der Waals surface area contributed by atoms with Gasteiger partial charge in [0.15, 0.2) is 17.2 Å². The highest BCUT2D eigenvalue weighted by Gasteiger charge is 2.34. The molecule has 1 amide bonds. The van der Waals surface area contributed by atoms with Crippen molar-refractivity contribution in [2.45, 2.75) is 71.1 Å². The molecule has 11 heteroatoms. The van der Waals surface area contributed by atoms with Gasteiger partial charge >= 0.3 is 11.9 Å². The van der Waals surface area contributed by atoms with E-state index >= 15 is 0 Å². The van der Waals surface area contributed by atoms with Crippen LogP contribution in [-0.4, -0.2) is 55.0 Å². The number of aromatic nitrogens is 1. The highest BCUT2D eigenvalue weighted by Crippen LogP contribution is 2.32. The number of rotatable bonds is 12. The molecule has 2 aromatic rings. The number of hydrogen-bond acceptors (Lipinski definition) is 9. The van der Waals surface area contributed by atoms with Crippen LogP contribution in [0.3, 0.4) is 0 Å². The van der Waals surface area contributed by atoms with E-state index in [9.17, 15) is 18.8 Å². The highest BCUT2D eigenvalue weighted by molar-refractivity contribution is 5.98. The molecule has 39 heavy (non-hydrogen) atoms. The first-order valence-corrected chi connectivity index (χ1v) is 12.9. The molecule has 1 N–H and O–H groups in total. The van der Waals surface area contributed by atoms with Crippen LogP contribution < -0.4 is 19.5 Å². The van der Waals surface area contributed by atoms with Crippen molar-refractivity contribution in [3.8, 4) is 17.2 Å². The number of ether oxygens (including phenoxy) is 5. The Morgan fingerprint density at radius 3 is 2.54 bits per heavy atom. The second-order valence-electron chi connectivity index (χ2n) is 9.36. The summed E-state index contributed by atoms with van der Waals surface area (Å²) in [6, 6.07) is 6.29. The van der Waals surface area contributed by atoms with Gasteiger partial charge < -0.3 is 29.0 Å². The fourth-order valence-electron chi connectivity index (χ4n) is 4.48. The van der Waals surface area contributed by atoms with Crippen LogP contribution in [0, 0.1) is 11.7 Å². The summed E-state index contributed by atoms with van der Waals surface area (Å²) >= 11 is 0. The number of pyridine rings is 1. The first-order chi connectivity index (χ1) is 18.7. The second kappa shape index (κ2) is 14.3. The number of carbonyl (C=O) groups excluding carboxylic acids is 3. The number of nitrogens with zero attached hydrogens (tertiary/aromatic N) is 1. The second-order valence-corrected chi connectivity index (χ2v) is 9.36. The number of esters is 2. The molecule has 1 heterocycles. The van der Waals surface area contributed by atoms with Crippen LogP contribution in [0.1, 0.15) is 63.4 Å². The quantitative estimate of drug-likeness (QED) is 0.308. The molecule has 1 aliphatic rings. The fourth-order valence-corrected chi connectivity index (χ4v) is 4.48. The zero-order valence-electron chi connectivity index (χ0n) is 22.6. The Morgan fingerprint density at radius 2 is 1.87 bits per heavy atom. The van der Waals surface area contributed by atoms with E-state index in [-0.39, 0.29) is 23.1 Å². The topological polar surface area (TPSA) is 122 Å². The molecule has 3 rings (SSSR count). The van der Waals surface area contributed by atoms with E-state index in [1.165, 1.54) is 45.4 Å². The van der Waals surface area contributed by atoms with Crippen molar-refractivity contribution in [2.24, 2.45) is 5.92 Å². The van der Waals surface area contributed by atoms with Crippen LogP contribution in [0.5, 0.6) is 17.2 Å². The minimum absolute atomic E-state index is 0.0476. The molecule has 3 atom stereocenters. The van der Waals surface area contributed by atoms with Gasteiger partial charge in [-0.1, -0.05) is 25.3 Å². The zero-order chi connectivity index (χ0) is 28.4. The zero-order valence-corrected chi connectivity index (χ0v) is 22.6. The molecule has 10 nitrogen and oxygen atoms in total. The number of carbonyl (C=O) groups is 3. The van der Waals surface area contributed by atoms with Gasteiger partial charge in [-0.3, -0.25) is 9.59 Å². The van der Waals surface area contributed by atoms with Crippen molar-refractivity contribution in [1.82, 2.24) is 10.3 Å². The van der Waals surface area contributed by atoms with E-state index in [0.29, 0.717) is 5.75 Å². The summed E-state index contributed by atoms with van der Waals surface area (Å²) in [5.74, 6) is -1.74. The van der Waals surface area contributed by atoms with E-state index < -0.39 is 48.7 Å². The van der Waals surface area contributed by atoms with E-state index in [0.717, 1.165) is 32.1 Å². The summed E-state index contributed by atoms with van der Waals surface area (Å²) in [6.45, 7) is 3.97. The summed E-state index contributed by atoms with van der Waals surface area (Å²) in [4.78, 5) is 41.1. The van der Waals surface area contributed by atoms with Crippen molar-refractivity contribution < 1.29 is 42.5 Å². The molecular formula is C28H35FN2O8. The van der Waals surface area contributed by atoms with Crippen LogP contribution in [0.2, 0.25) is 0 Å². The minimum Gasteiger partial charge on any atom is -0.493 e. The van der Waals surface area contributed by atoms with Gasteiger partial charge in [-0.15, -0.1) is 0 Å². The van der Waals surface area contributed by atoms with Crippen molar-refractivity contribution in [3.63, 3.8) is 0 Å². The maximum absolute atomic E-state index is 13.8. The Morgan fingerprint density at radius 1 is 1.13 bits per heavy atom. The van der Waals surface area contributed by atoms with Gasteiger partial charge in [-0.05, 0) is 44.7 Å². The summed E-state index contributed by atoms with van der Waals surface area (Å²) in [5.41, 5.74) is -0.163. The normalized spacial score (nSPS) is 15.8. The molecule has 0 bridgehead atoms. The number of amides is 1. The first kappa shape index (κ1) is 29.7. The number of methoxy groups -OCH3 is 1. The van der Waals surface area contributed by atoms with Crippen LogP contribution in [-0.2, 0) is 19.1 Å². The Balaban J connectivity index is 1.68. The fraction of sp³-hybridized carbons (Fsp3) is 0.500. The third-order valence-electron chi connectivity index (χ3n) is 6.42. The molecule has 1 saturated carbocycles. The average Bonchev–Trinajstić information content (AvgIpc) is 2.91. The largest absolute Gasteiger partial charge is 0.493 e. The highest BCUT2D eigenvalue weighted by atomic mass is 19.1. The lowest BCUT2D eigenvalue weighted by molar-refractivity contribution is -0.156. The minimum atomic E-state index is -1.05.